The van der Waals surface area contributed by atoms with E-state index in [1.54, 1.807) is 0 Å². The first-order chi connectivity index (χ1) is 14.4. The van der Waals surface area contributed by atoms with Crippen LogP contribution in [-0.2, 0) is 26.0 Å². The molecule has 1 aliphatic rings. The van der Waals surface area contributed by atoms with Crippen molar-refractivity contribution in [3.05, 3.63) is 65.5 Å². The Kier molecular flexibility index (Phi) is 7.58. The van der Waals surface area contributed by atoms with Gasteiger partial charge in [0, 0.05) is 32.7 Å². The number of nitrogens with zero attached hydrogens (tertiary/aromatic N) is 1. The molecule has 2 aromatic rings. The normalized spacial score (nSPS) is 16.8. The van der Waals surface area contributed by atoms with Crippen molar-refractivity contribution in [3.8, 4) is 0 Å². The zero-order valence-corrected chi connectivity index (χ0v) is 17.8. The van der Waals surface area contributed by atoms with Crippen molar-refractivity contribution in [2.75, 3.05) is 26.3 Å². The van der Waals surface area contributed by atoms with Crippen LogP contribution in [0.15, 0.2) is 53.4 Å². The van der Waals surface area contributed by atoms with Gasteiger partial charge < -0.3 is 10.1 Å². The molecule has 1 aliphatic heterocycles. The first kappa shape index (κ1) is 22.4. The second-order valence-electron chi connectivity index (χ2n) is 7.14. The van der Waals surface area contributed by atoms with Crippen molar-refractivity contribution in [2.45, 2.75) is 37.1 Å². The minimum absolute atomic E-state index is 0.0189. The van der Waals surface area contributed by atoms with Gasteiger partial charge in [-0.25, -0.2) is 12.8 Å². The summed E-state index contributed by atoms with van der Waals surface area (Å²) in [4.78, 5) is 12.6. The number of benzene rings is 2. The number of fused-ring (bicyclic) bond motifs is 1. The SMILES string of the molecule is CCOCCCNC(=O)CC1c2ccccc2CCN1S(=O)(=O)c1ccc(F)cc1. The van der Waals surface area contributed by atoms with Gasteiger partial charge in [0.2, 0.25) is 15.9 Å². The zero-order chi connectivity index (χ0) is 21.6. The Morgan fingerprint density at radius 1 is 1.20 bits per heavy atom. The van der Waals surface area contributed by atoms with Gasteiger partial charge in [-0.2, -0.15) is 4.31 Å². The lowest BCUT2D eigenvalue weighted by molar-refractivity contribution is -0.122. The molecule has 8 heteroatoms. The number of halogens is 1. The van der Waals surface area contributed by atoms with Crippen LogP contribution in [0.4, 0.5) is 4.39 Å². The molecule has 0 radical (unpaired) electrons. The third kappa shape index (κ3) is 5.24. The molecule has 1 amide bonds. The summed E-state index contributed by atoms with van der Waals surface area (Å²) in [6, 6.07) is 11.8. The molecule has 1 unspecified atom stereocenters. The van der Waals surface area contributed by atoms with Gasteiger partial charge in [-0.15, -0.1) is 0 Å². The first-order valence-electron chi connectivity index (χ1n) is 10.1. The van der Waals surface area contributed by atoms with Crippen LogP contribution in [0.1, 0.15) is 36.9 Å². The van der Waals surface area contributed by atoms with Crippen LogP contribution in [-0.4, -0.2) is 44.9 Å². The number of ether oxygens (including phenoxy) is 1. The standard InChI is InChI=1S/C22H27FN2O4S/c1-2-29-15-5-13-24-22(26)16-21-20-7-4-3-6-17(20)12-14-25(21)30(27,28)19-10-8-18(23)9-11-19/h3-4,6-11,21H,2,5,12-16H2,1H3,(H,24,26). The summed E-state index contributed by atoms with van der Waals surface area (Å²) in [5.41, 5.74) is 1.87. The summed E-state index contributed by atoms with van der Waals surface area (Å²) in [5.74, 6) is -0.714. The maximum atomic E-state index is 13.3. The lowest BCUT2D eigenvalue weighted by Gasteiger charge is -2.36. The molecule has 0 saturated heterocycles. The predicted octanol–water partition coefficient (Wildman–Crippen LogP) is 3.05. The maximum absolute atomic E-state index is 13.3. The van der Waals surface area contributed by atoms with Gasteiger partial charge in [0.15, 0.2) is 0 Å². The van der Waals surface area contributed by atoms with E-state index >= 15 is 0 Å². The topological polar surface area (TPSA) is 75.7 Å². The molecule has 1 heterocycles. The van der Waals surface area contributed by atoms with Crippen LogP contribution in [0.3, 0.4) is 0 Å². The highest BCUT2D eigenvalue weighted by Crippen LogP contribution is 2.36. The Morgan fingerprint density at radius 2 is 1.93 bits per heavy atom. The highest BCUT2D eigenvalue weighted by Gasteiger charge is 2.37. The van der Waals surface area contributed by atoms with Gasteiger partial charge in [0.05, 0.1) is 10.9 Å². The molecular formula is C22H27FN2O4S. The Morgan fingerprint density at radius 3 is 2.67 bits per heavy atom. The summed E-state index contributed by atoms with van der Waals surface area (Å²) in [6.45, 7) is 3.84. The number of carbonyl (C=O) groups is 1. The van der Waals surface area contributed by atoms with Gasteiger partial charge in [-0.1, -0.05) is 24.3 Å². The molecule has 0 aromatic heterocycles. The average molecular weight is 435 g/mol. The quantitative estimate of drug-likeness (QED) is 0.616. The molecule has 2 aromatic carbocycles. The monoisotopic (exact) mass is 434 g/mol. The second kappa shape index (κ2) is 10.1. The second-order valence-corrected chi connectivity index (χ2v) is 9.03. The highest BCUT2D eigenvalue weighted by molar-refractivity contribution is 7.89. The summed E-state index contributed by atoms with van der Waals surface area (Å²) >= 11 is 0. The molecule has 6 nitrogen and oxygen atoms in total. The summed E-state index contributed by atoms with van der Waals surface area (Å²) in [5, 5.41) is 2.85. The highest BCUT2D eigenvalue weighted by atomic mass is 32.2. The van der Waals surface area contributed by atoms with E-state index in [0.29, 0.717) is 32.6 Å². The van der Waals surface area contributed by atoms with E-state index in [1.807, 2.05) is 31.2 Å². The van der Waals surface area contributed by atoms with Gasteiger partial charge in [0.25, 0.3) is 0 Å². The number of hydrogen-bond donors (Lipinski definition) is 1. The van der Waals surface area contributed by atoms with Crippen molar-refractivity contribution in [3.63, 3.8) is 0 Å². The molecule has 0 aliphatic carbocycles. The third-order valence-electron chi connectivity index (χ3n) is 5.15. The summed E-state index contributed by atoms with van der Waals surface area (Å²) < 4.78 is 46.5. The van der Waals surface area contributed by atoms with Gasteiger partial charge in [-0.05, 0) is 55.2 Å². The fourth-order valence-corrected chi connectivity index (χ4v) is 5.27. The van der Waals surface area contributed by atoms with Crippen molar-refractivity contribution >= 4 is 15.9 Å². The third-order valence-corrected chi connectivity index (χ3v) is 7.08. The average Bonchev–Trinajstić information content (AvgIpc) is 2.74. The van der Waals surface area contributed by atoms with Crippen LogP contribution >= 0.6 is 0 Å². The molecular weight excluding hydrogens is 407 g/mol. The number of hydrogen-bond acceptors (Lipinski definition) is 4. The lowest BCUT2D eigenvalue weighted by Crippen LogP contribution is -2.42. The number of nitrogens with one attached hydrogen (secondary N) is 1. The molecule has 1 N–H and O–H groups in total. The van der Waals surface area contributed by atoms with Crippen LogP contribution in [0.25, 0.3) is 0 Å². The fourth-order valence-electron chi connectivity index (χ4n) is 3.66. The number of rotatable bonds is 9. The van der Waals surface area contributed by atoms with Crippen molar-refractivity contribution in [2.24, 2.45) is 0 Å². The van der Waals surface area contributed by atoms with Crippen molar-refractivity contribution < 1.29 is 22.3 Å². The van der Waals surface area contributed by atoms with Crippen molar-refractivity contribution in [1.29, 1.82) is 0 Å². The van der Waals surface area contributed by atoms with Gasteiger partial charge in [0.1, 0.15) is 5.82 Å². The van der Waals surface area contributed by atoms with Gasteiger partial charge in [-0.3, -0.25) is 4.79 Å². The number of carbonyl (C=O) groups excluding carboxylic acids is 1. The molecule has 3 rings (SSSR count). The van der Waals surface area contributed by atoms with E-state index in [1.165, 1.54) is 16.4 Å². The smallest absolute Gasteiger partial charge is 0.243 e. The zero-order valence-electron chi connectivity index (χ0n) is 17.0. The van der Waals surface area contributed by atoms with E-state index < -0.39 is 21.9 Å². The van der Waals surface area contributed by atoms with E-state index in [9.17, 15) is 17.6 Å². The summed E-state index contributed by atoms with van der Waals surface area (Å²) in [6.07, 6.45) is 1.27. The van der Waals surface area contributed by atoms with Gasteiger partial charge >= 0.3 is 0 Å². The van der Waals surface area contributed by atoms with Crippen LogP contribution in [0, 0.1) is 5.82 Å². The lowest BCUT2D eigenvalue weighted by atomic mass is 9.92. The predicted molar refractivity (Wildman–Crippen MR) is 112 cm³/mol. The van der Waals surface area contributed by atoms with Crippen LogP contribution in [0.2, 0.25) is 0 Å². The minimum Gasteiger partial charge on any atom is -0.382 e. The summed E-state index contributed by atoms with van der Waals surface area (Å²) in [7, 11) is -3.88. The van der Waals surface area contributed by atoms with Crippen LogP contribution in [0.5, 0.6) is 0 Å². The molecule has 0 bridgehead atoms. The van der Waals surface area contributed by atoms with E-state index in [4.69, 9.17) is 4.74 Å². The Balaban J connectivity index is 1.81. The Labute approximate surface area is 177 Å². The molecule has 0 fully saturated rings. The number of sulfonamides is 1. The fraction of sp³-hybridized carbons (Fsp3) is 0.409. The molecule has 0 saturated carbocycles. The minimum atomic E-state index is -3.88. The maximum Gasteiger partial charge on any atom is 0.243 e. The van der Waals surface area contributed by atoms with Crippen LogP contribution < -0.4 is 5.32 Å². The Hall–Kier alpha value is -2.29. The number of amides is 1. The Bertz CT molecular complexity index is 963. The van der Waals surface area contributed by atoms with Crippen molar-refractivity contribution in [1.82, 2.24) is 9.62 Å². The largest absolute Gasteiger partial charge is 0.382 e. The van der Waals surface area contributed by atoms with E-state index in [0.717, 1.165) is 23.3 Å². The van der Waals surface area contributed by atoms with E-state index in [2.05, 4.69) is 5.32 Å². The molecule has 1 atom stereocenters. The van der Waals surface area contributed by atoms with E-state index in [-0.39, 0.29) is 23.8 Å². The molecule has 0 spiro atoms. The molecule has 30 heavy (non-hydrogen) atoms. The first-order valence-corrected chi connectivity index (χ1v) is 11.6. The molecule has 162 valence electrons.